The first-order chi connectivity index (χ1) is 13.1. The average Bonchev–Trinajstić information content (AvgIpc) is 3.30. The van der Waals surface area contributed by atoms with Crippen LogP contribution in [0.4, 0.5) is 0 Å². The second-order valence-corrected chi connectivity index (χ2v) is 7.73. The first kappa shape index (κ1) is 19.6. The van der Waals surface area contributed by atoms with Crippen LogP contribution in [0.5, 0.6) is 11.5 Å². The van der Waals surface area contributed by atoms with Crippen LogP contribution >= 0.6 is 23.5 Å². The maximum absolute atomic E-state index is 12.0. The minimum atomic E-state index is -0.289. The van der Waals surface area contributed by atoms with E-state index in [1.165, 1.54) is 11.8 Å². The molecule has 27 heavy (non-hydrogen) atoms. The number of ether oxygens (including phenoxy) is 2. The van der Waals surface area contributed by atoms with Crippen molar-refractivity contribution in [2.24, 2.45) is 12.0 Å². The number of thioether (sulfide) groups is 2. The quantitative estimate of drug-likeness (QED) is 0.704. The molecule has 3 rings (SSSR count). The van der Waals surface area contributed by atoms with Crippen LogP contribution in [0, 0.1) is 0 Å². The molecule has 2 aromatic rings. The summed E-state index contributed by atoms with van der Waals surface area (Å²) in [6.45, 7) is 2.66. The molecule has 1 unspecified atom stereocenters. The van der Waals surface area contributed by atoms with E-state index in [9.17, 15) is 4.79 Å². The number of hydrogen-bond donors (Lipinski definition) is 1. The third-order valence-electron chi connectivity index (χ3n) is 3.77. The fourth-order valence-electron chi connectivity index (χ4n) is 2.41. The summed E-state index contributed by atoms with van der Waals surface area (Å²) in [4.78, 5) is 16.2. The molecule has 0 saturated heterocycles. The van der Waals surface area contributed by atoms with Gasteiger partial charge < -0.3 is 19.4 Å². The molecular weight excluding hydrogens is 386 g/mol. The highest BCUT2D eigenvalue weighted by Crippen LogP contribution is 2.25. The Hall–Kier alpha value is -2.20. The maximum Gasteiger partial charge on any atom is 0.236 e. The number of nitrogens with one attached hydrogen (secondary N) is 1. The summed E-state index contributed by atoms with van der Waals surface area (Å²) < 4.78 is 12.9. The van der Waals surface area contributed by atoms with Gasteiger partial charge in [-0.3, -0.25) is 9.79 Å². The van der Waals surface area contributed by atoms with Crippen LogP contribution < -0.4 is 14.8 Å². The Labute approximate surface area is 166 Å². The fraction of sp³-hybridized carbons (Fsp3) is 0.412. The zero-order valence-corrected chi connectivity index (χ0v) is 17.0. The summed E-state index contributed by atoms with van der Waals surface area (Å²) in [6, 6.07) is 7.36. The molecule has 1 aromatic heterocycles. The minimum Gasteiger partial charge on any atom is -0.497 e. The third kappa shape index (κ3) is 5.16. The van der Waals surface area contributed by atoms with E-state index < -0.39 is 0 Å². The van der Waals surface area contributed by atoms with Crippen LogP contribution in [0.1, 0.15) is 18.9 Å². The van der Waals surface area contributed by atoms with E-state index in [1.807, 2.05) is 42.8 Å². The smallest absolute Gasteiger partial charge is 0.236 e. The molecule has 10 heteroatoms. The normalized spacial score (nSPS) is 14.6. The first-order valence-electron chi connectivity index (χ1n) is 8.36. The van der Waals surface area contributed by atoms with Crippen molar-refractivity contribution in [1.29, 1.82) is 0 Å². The first-order valence-corrected chi connectivity index (χ1v) is 10.3. The Morgan fingerprint density at radius 1 is 1.33 bits per heavy atom. The molecule has 1 aliphatic heterocycles. The van der Waals surface area contributed by atoms with Gasteiger partial charge in [-0.2, -0.15) is 0 Å². The highest BCUT2D eigenvalue weighted by Gasteiger charge is 2.18. The van der Waals surface area contributed by atoms with Gasteiger partial charge in [-0.05, 0) is 31.2 Å². The topological polar surface area (TPSA) is 90.6 Å². The lowest BCUT2D eigenvalue weighted by Crippen LogP contribution is -2.29. The molecule has 1 atom stereocenters. The van der Waals surface area contributed by atoms with Crippen molar-refractivity contribution in [3.05, 3.63) is 30.1 Å². The Kier molecular flexibility index (Phi) is 6.62. The van der Waals surface area contributed by atoms with E-state index in [-0.39, 0.29) is 17.8 Å². The molecule has 0 bridgehead atoms. The highest BCUT2D eigenvalue weighted by atomic mass is 32.2. The van der Waals surface area contributed by atoms with E-state index in [2.05, 4.69) is 20.5 Å². The summed E-state index contributed by atoms with van der Waals surface area (Å²) in [7, 11) is 3.48. The number of amidine groups is 1. The van der Waals surface area contributed by atoms with Gasteiger partial charge in [0.15, 0.2) is 22.3 Å². The Balaban J connectivity index is 1.55. The number of aromatic nitrogens is 3. The van der Waals surface area contributed by atoms with Crippen molar-refractivity contribution in [2.75, 3.05) is 25.2 Å². The number of carbonyl (C=O) groups excluding carboxylic acids is 1. The number of hydrogen-bond acceptors (Lipinski definition) is 8. The highest BCUT2D eigenvalue weighted by molar-refractivity contribution is 8.14. The van der Waals surface area contributed by atoms with E-state index in [4.69, 9.17) is 9.47 Å². The molecular formula is C17H21N5O3S2. The van der Waals surface area contributed by atoms with Gasteiger partial charge in [0, 0.05) is 12.8 Å². The summed E-state index contributed by atoms with van der Waals surface area (Å²) in [6.07, 6.45) is -0.289. The molecule has 2 heterocycles. The van der Waals surface area contributed by atoms with Crippen LogP contribution in [-0.2, 0) is 11.8 Å². The van der Waals surface area contributed by atoms with Gasteiger partial charge in [-0.1, -0.05) is 23.5 Å². The average molecular weight is 408 g/mol. The molecule has 0 fully saturated rings. The molecule has 1 amide bonds. The molecule has 1 N–H and O–H groups in total. The van der Waals surface area contributed by atoms with Gasteiger partial charge in [0.25, 0.3) is 0 Å². The second kappa shape index (κ2) is 9.14. The number of rotatable bonds is 7. The van der Waals surface area contributed by atoms with E-state index in [0.29, 0.717) is 16.1 Å². The fourth-order valence-corrected chi connectivity index (χ4v) is 3.88. The van der Waals surface area contributed by atoms with Crippen molar-refractivity contribution in [1.82, 2.24) is 20.1 Å². The van der Waals surface area contributed by atoms with Gasteiger partial charge in [0.1, 0.15) is 11.5 Å². The monoisotopic (exact) mass is 407 g/mol. The van der Waals surface area contributed by atoms with Crippen molar-refractivity contribution >= 4 is 34.6 Å². The number of benzene rings is 1. The zero-order chi connectivity index (χ0) is 19.2. The Morgan fingerprint density at radius 3 is 2.74 bits per heavy atom. The Bertz CT molecular complexity index is 822. The predicted octanol–water partition coefficient (Wildman–Crippen LogP) is 2.27. The largest absolute Gasteiger partial charge is 0.497 e. The van der Waals surface area contributed by atoms with E-state index >= 15 is 0 Å². The van der Waals surface area contributed by atoms with Crippen molar-refractivity contribution < 1.29 is 14.3 Å². The zero-order valence-electron chi connectivity index (χ0n) is 15.3. The number of nitrogens with zero attached hydrogens (tertiary/aromatic N) is 4. The summed E-state index contributed by atoms with van der Waals surface area (Å²) in [5, 5.41) is 12.5. The van der Waals surface area contributed by atoms with Crippen LogP contribution in [0.15, 0.2) is 34.4 Å². The van der Waals surface area contributed by atoms with Gasteiger partial charge in [-0.25, -0.2) is 0 Å². The Morgan fingerprint density at radius 2 is 2.07 bits per heavy atom. The second-order valence-electron chi connectivity index (χ2n) is 5.71. The van der Waals surface area contributed by atoms with E-state index in [0.717, 1.165) is 23.8 Å². The van der Waals surface area contributed by atoms with Gasteiger partial charge >= 0.3 is 0 Å². The maximum atomic E-state index is 12.0. The number of carbonyl (C=O) groups is 1. The molecule has 0 radical (unpaired) electrons. The lowest BCUT2D eigenvalue weighted by molar-refractivity contribution is -0.117. The van der Waals surface area contributed by atoms with Crippen LogP contribution in [0.2, 0.25) is 0 Å². The van der Waals surface area contributed by atoms with Crippen molar-refractivity contribution in [3.63, 3.8) is 0 Å². The number of methoxy groups -OCH3 is 1. The predicted molar refractivity (Wildman–Crippen MR) is 107 cm³/mol. The lowest BCUT2D eigenvalue weighted by Gasteiger charge is -2.14. The molecule has 1 aromatic carbocycles. The minimum absolute atomic E-state index is 0.0970. The summed E-state index contributed by atoms with van der Waals surface area (Å²) in [5.74, 6) is 3.24. The van der Waals surface area contributed by atoms with Crippen LogP contribution in [0.3, 0.4) is 0 Å². The van der Waals surface area contributed by atoms with E-state index in [1.54, 1.807) is 18.9 Å². The molecule has 0 spiro atoms. The molecule has 8 nitrogen and oxygen atoms in total. The molecule has 1 aliphatic rings. The summed E-state index contributed by atoms with van der Waals surface area (Å²) >= 11 is 2.89. The third-order valence-corrected chi connectivity index (χ3v) is 5.68. The summed E-state index contributed by atoms with van der Waals surface area (Å²) in [5.41, 5.74) is 0. The van der Waals surface area contributed by atoms with Gasteiger partial charge in [0.2, 0.25) is 5.91 Å². The molecule has 0 saturated carbocycles. The van der Waals surface area contributed by atoms with Crippen LogP contribution in [0.25, 0.3) is 0 Å². The van der Waals surface area contributed by atoms with Crippen LogP contribution in [-0.4, -0.2) is 51.0 Å². The lowest BCUT2D eigenvalue weighted by atomic mass is 10.3. The number of aliphatic imine (C=N–C) groups is 1. The van der Waals surface area contributed by atoms with Gasteiger partial charge in [-0.15, -0.1) is 10.2 Å². The van der Waals surface area contributed by atoms with Crippen molar-refractivity contribution in [3.8, 4) is 11.5 Å². The standard InChI is InChI=1S/C17H21N5O3S2/c1-11(25-13-6-4-12(24-3)5-7-13)15-20-21-17(22(15)2)27-10-14(23)19-16-18-8-9-26-16/h4-7,11H,8-10H2,1-3H3,(H,18,19,23). The molecule has 144 valence electrons. The SMILES string of the molecule is COc1ccc(OC(C)c2nnc(SCC(=O)NC3=NCCS3)n2C)cc1. The molecule has 0 aliphatic carbocycles. The van der Waals surface area contributed by atoms with Gasteiger partial charge in [0.05, 0.1) is 19.4 Å². The number of amides is 1. The van der Waals surface area contributed by atoms with Crippen molar-refractivity contribution in [2.45, 2.75) is 18.2 Å².